The van der Waals surface area contributed by atoms with Crippen LogP contribution in [0.3, 0.4) is 0 Å². The highest BCUT2D eigenvalue weighted by Crippen LogP contribution is 2.19. The zero-order valence-corrected chi connectivity index (χ0v) is 13.7. The minimum absolute atomic E-state index is 0. The summed E-state index contributed by atoms with van der Waals surface area (Å²) in [6.07, 6.45) is 14.0. The van der Waals surface area contributed by atoms with E-state index in [4.69, 9.17) is 0 Å². The number of aromatic nitrogens is 4. The molecule has 0 aliphatic heterocycles. The third kappa shape index (κ3) is 4.22. The summed E-state index contributed by atoms with van der Waals surface area (Å²) in [6.45, 7) is 0. The van der Waals surface area contributed by atoms with E-state index in [1.807, 2.05) is 6.20 Å². The Morgan fingerprint density at radius 2 is 1.70 bits per heavy atom. The highest BCUT2D eigenvalue weighted by molar-refractivity contribution is 7.89. The highest BCUT2D eigenvalue weighted by atomic mass is 32.2. The third-order valence-electron chi connectivity index (χ3n) is 4.24. The van der Waals surface area contributed by atoms with Crippen molar-refractivity contribution < 1.29 is 8.42 Å². The standard InChI is InChI=1S/C8H12N2O2S.C7H10N2.CH4/c1-13(11,12)10-6-7-4-2-3-5-8(7)9-10;1-2-4-7-6(3-1)5-8-9-7;/h6H,2-5H2,1H3;5H,1-4H2,(H,8,9);1H4. The number of aromatic amines is 1. The second-order valence-electron chi connectivity index (χ2n) is 6.02. The van der Waals surface area contributed by atoms with Crippen molar-refractivity contribution in [3.63, 3.8) is 0 Å². The van der Waals surface area contributed by atoms with E-state index in [1.54, 1.807) is 6.20 Å². The molecule has 0 spiro atoms. The molecule has 6 nitrogen and oxygen atoms in total. The summed E-state index contributed by atoms with van der Waals surface area (Å²) in [4.78, 5) is 0. The quantitative estimate of drug-likeness (QED) is 0.866. The molecule has 128 valence electrons. The summed E-state index contributed by atoms with van der Waals surface area (Å²) >= 11 is 0. The molecule has 0 saturated carbocycles. The first kappa shape index (κ1) is 17.7. The summed E-state index contributed by atoms with van der Waals surface area (Å²) in [6, 6.07) is 0. The Morgan fingerprint density at radius 1 is 1.04 bits per heavy atom. The lowest BCUT2D eigenvalue weighted by Gasteiger charge is -2.07. The monoisotopic (exact) mass is 338 g/mol. The van der Waals surface area contributed by atoms with Crippen molar-refractivity contribution >= 4 is 10.0 Å². The molecule has 0 unspecified atom stereocenters. The predicted molar refractivity (Wildman–Crippen MR) is 91.1 cm³/mol. The maximum atomic E-state index is 11.2. The molecule has 2 aromatic heterocycles. The lowest BCUT2D eigenvalue weighted by molar-refractivity contribution is 0.585. The van der Waals surface area contributed by atoms with Gasteiger partial charge in [0.25, 0.3) is 10.0 Å². The molecule has 4 rings (SSSR count). The lowest BCUT2D eigenvalue weighted by atomic mass is 9.99. The predicted octanol–water partition coefficient (Wildman–Crippen LogP) is 2.49. The zero-order chi connectivity index (χ0) is 15.6. The second-order valence-corrected chi connectivity index (χ2v) is 7.86. The van der Waals surface area contributed by atoms with Crippen molar-refractivity contribution in [3.8, 4) is 0 Å². The molecule has 0 radical (unpaired) electrons. The Hall–Kier alpha value is -1.63. The Bertz CT molecular complexity index is 702. The molecule has 23 heavy (non-hydrogen) atoms. The van der Waals surface area contributed by atoms with Crippen molar-refractivity contribution in [2.75, 3.05) is 6.26 Å². The maximum Gasteiger partial charge on any atom is 0.250 e. The number of aryl methyl sites for hydroxylation is 4. The van der Waals surface area contributed by atoms with Gasteiger partial charge in [-0.25, -0.2) is 8.42 Å². The van der Waals surface area contributed by atoms with E-state index in [2.05, 4.69) is 15.3 Å². The van der Waals surface area contributed by atoms with E-state index in [-0.39, 0.29) is 7.43 Å². The van der Waals surface area contributed by atoms with Crippen LogP contribution >= 0.6 is 0 Å². The van der Waals surface area contributed by atoms with Crippen LogP contribution in [-0.2, 0) is 35.7 Å². The zero-order valence-electron chi connectivity index (χ0n) is 12.9. The molecule has 0 bridgehead atoms. The molecule has 1 N–H and O–H groups in total. The molecule has 0 aromatic carbocycles. The van der Waals surface area contributed by atoms with Gasteiger partial charge < -0.3 is 0 Å². The third-order valence-corrected chi connectivity index (χ3v) is 5.10. The van der Waals surface area contributed by atoms with Crippen LogP contribution in [0.15, 0.2) is 12.4 Å². The van der Waals surface area contributed by atoms with Crippen LogP contribution < -0.4 is 0 Å². The van der Waals surface area contributed by atoms with Crippen LogP contribution in [0.1, 0.15) is 55.6 Å². The molecule has 0 amide bonds. The molecule has 0 fully saturated rings. The van der Waals surface area contributed by atoms with Crippen LogP contribution in [0.2, 0.25) is 0 Å². The topological polar surface area (TPSA) is 80.6 Å². The van der Waals surface area contributed by atoms with E-state index in [0.29, 0.717) is 0 Å². The van der Waals surface area contributed by atoms with Gasteiger partial charge in [-0.2, -0.15) is 14.3 Å². The Kier molecular flexibility index (Phi) is 5.62. The number of nitrogens with one attached hydrogen (secondary N) is 1. The molecule has 2 aliphatic rings. The Balaban J connectivity index is 0.000000169. The minimum atomic E-state index is -3.19. The molecular weight excluding hydrogens is 312 g/mol. The van der Waals surface area contributed by atoms with E-state index in [1.165, 1.54) is 43.2 Å². The van der Waals surface area contributed by atoms with Crippen LogP contribution in [0.4, 0.5) is 0 Å². The fourth-order valence-electron chi connectivity index (χ4n) is 3.00. The first-order valence-corrected chi connectivity index (χ1v) is 9.68. The number of hydrogen-bond donors (Lipinski definition) is 1. The van der Waals surface area contributed by atoms with Crippen molar-refractivity contribution in [3.05, 3.63) is 34.9 Å². The summed E-state index contributed by atoms with van der Waals surface area (Å²) in [5.74, 6) is 0. The molecular formula is C16H26N4O2S. The van der Waals surface area contributed by atoms with E-state index in [0.717, 1.165) is 41.0 Å². The molecule has 2 aliphatic carbocycles. The lowest BCUT2D eigenvalue weighted by Crippen LogP contribution is -2.10. The number of rotatable bonds is 1. The van der Waals surface area contributed by atoms with Crippen molar-refractivity contribution in [2.45, 2.75) is 58.8 Å². The summed E-state index contributed by atoms with van der Waals surface area (Å²) in [5.41, 5.74) is 4.84. The highest BCUT2D eigenvalue weighted by Gasteiger charge is 2.16. The Labute approximate surface area is 138 Å². The van der Waals surface area contributed by atoms with E-state index < -0.39 is 10.0 Å². The van der Waals surface area contributed by atoms with Crippen molar-refractivity contribution in [1.29, 1.82) is 0 Å². The second kappa shape index (κ2) is 7.29. The number of fused-ring (bicyclic) bond motifs is 2. The number of nitrogens with zero attached hydrogens (tertiary/aromatic N) is 3. The molecule has 2 heterocycles. The van der Waals surface area contributed by atoms with Gasteiger partial charge in [0, 0.05) is 11.9 Å². The average molecular weight is 338 g/mol. The van der Waals surface area contributed by atoms with Gasteiger partial charge in [-0.1, -0.05) is 7.43 Å². The molecule has 2 aromatic rings. The minimum Gasteiger partial charge on any atom is -0.282 e. The van der Waals surface area contributed by atoms with Crippen molar-refractivity contribution in [1.82, 2.24) is 19.4 Å². The first-order chi connectivity index (χ1) is 10.5. The average Bonchev–Trinajstić information content (AvgIpc) is 3.14. The summed E-state index contributed by atoms with van der Waals surface area (Å²) in [7, 11) is -3.19. The van der Waals surface area contributed by atoms with Crippen LogP contribution in [0, 0.1) is 0 Å². The van der Waals surface area contributed by atoms with E-state index >= 15 is 0 Å². The number of H-pyrrole nitrogens is 1. The van der Waals surface area contributed by atoms with Gasteiger partial charge in [-0.3, -0.25) is 5.10 Å². The fourth-order valence-corrected chi connectivity index (χ4v) is 3.57. The van der Waals surface area contributed by atoms with Gasteiger partial charge in [-0.05, 0) is 62.5 Å². The van der Waals surface area contributed by atoms with Gasteiger partial charge >= 0.3 is 0 Å². The smallest absolute Gasteiger partial charge is 0.250 e. The SMILES string of the molecule is C.CS(=O)(=O)n1cc2c(n1)CCCC2.c1n[nH]c2c1CCCC2. The summed E-state index contributed by atoms with van der Waals surface area (Å²) < 4.78 is 23.4. The van der Waals surface area contributed by atoms with Gasteiger partial charge in [0.05, 0.1) is 18.1 Å². The summed E-state index contributed by atoms with van der Waals surface area (Å²) in [5, 5.41) is 11.0. The van der Waals surface area contributed by atoms with Gasteiger partial charge in [0.15, 0.2) is 0 Å². The molecule has 7 heteroatoms. The number of hydrogen-bond acceptors (Lipinski definition) is 4. The van der Waals surface area contributed by atoms with E-state index in [9.17, 15) is 8.42 Å². The van der Waals surface area contributed by atoms with Crippen LogP contribution in [0.5, 0.6) is 0 Å². The van der Waals surface area contributed by atoms with Gasteiger partial charge in [0.1, 0.15) is 0 Å². The van der Waals surface area contributed by atoms with Crippen LogP contribution in [-0.4, -0.2) is 34.1 Å². The Morgan fingerprint density at radius 3 is 2.35 bits per heavy atom. The largest absolute Gasteiger partial charge is 0.282 e. The van der Waals surface area contributed by atoms with Crippen LogP contribution in [0.25, 0.3) is 0 Å². The first-order valence-electron chi connectivity index (χ1n) is 7.83. The molecule has 0 atom stereocenters. The fraction of sp³-hybridized carbons (Fsp3) is 0.625. The normalized spacial score (nSPS) is 16.4. The van der Waals surface area contributed by atoms with Gasteiger partial charge in [-0.15, -0.1) is 0 Å². The van der Waals surface area contributed by atoms with Gasteiger partial charge in [0.2, 0.25) is 0 Å². The molecule has 0 saturated heterocycles. The maximum absolute atomic E-state index is 11.2. The van der Waals surface area contributed by atoms with Crippen molar-refractivity contribution in [2.24, 2.45) is 0 Å².